The van der Waals surface area contributed by atoms with E-state index in [1.807, 2.05) is 31.2 Å². The van der Waals surface area contributed by atoms with Gasteiger partial charge in [0.25, 0.3) is 11.5 Å². The lowest BCUT2D eigenvalue weighted by atomic mass is 10.0. The highest BCUT2D eigenvalue weighted by Gasteiger charge is 2.21. The van der Waals surface area contributed by atoms with Crippen molar-refractivity contribution >= 4 is 47.6 Å². The topological polar surface area (TPSA) is 88.9 Å². The predicted molar refractivity (Wildman–Crippen MR) is 123 cm³/mol. The van der Waals surface area contributed by atoms with Crippen molar-refractivity contribution in [2.75, 3.05) is 18.4 Å². The van der Waals surface area contributed by atoms with E-state index in [9.17, 15) is 9.59 Å². The van der Waals surface area contributed by atoms with Crippen LogP contribution in [0.5, 0.6) is 0 Å². The van der Waals surface area contributed by atoms with Gasteiger partial charge in [-0.1, -0.05) is 0 Å². The van der Waals surface area contributed by atoms with Crippen molar-refractivity contribution in [2.24, 2.45) is 0 Å². The van der Waals surface area contributed by atoms with E-state index in [0.717, 1.165) is 37.0 Å². The molecule has 30 heavy (non-hydrogen) atoms. The summed E-state index contributed by atoms with van der Waals surface area (Å²) in [5.41, 5.74) is 1.99. The van der Waals surface area contributed by atoms with Gasteiger partial charge in [0.05, 0.1) is 0 Å². The molecule has 1 fully saturated rings. The summed E-state index contributed by atoms with van der Waals surface area (Å²) < 4.78 is 1.70. The molecule has 7 nitrogen and oxygen atoms in total. The first-order chi connectivity index (χ1) is 13.5. The number of carbonyl (C=O) groups is 1. The number of nitrogens with zero attached hydrogens (tertiary/aromatic N) is 3. The molecule has 1 saturated heterocycles. The largest absolute Gasteiger partial charge is 0.317 e. The lowest BCUT2D eigenvalue weighted by molar-refractivity contribution is 0.102. The Balaban J connectivity index is 0.00000160. The number of aromatic nitrogens is 3. The molecule has 2 N–H and O–H groups in total. The fourth-order valence-electron chi connectivity index (χ4n) is 3.63. The van der Waals surface area contributed by atoms with Crippen LogP contribution < -0.4 is 16.2 Å². The third kappa shape index (κ3) is 4.80. The first-order valence-electron chi connectivity index (χ1n) is 9.51. The van der Waals surface area contributed by atoms with Crippen LogP contribution in [0.25, 0.3) is 11.0 Å². The number of carbonyl (C=O) groups excluding carboxylic acids is 1. The van der Waals surface area contributed by atoms with Gasteiger partial charge < -0.3 is 15.2 Å². The molecule has 0 aromatic carbocycles. The number of hydrogen-bond acceptors (Lipinski definition) is 5. The molecular formula is C21H25Cl2N5O2. The number of amides is 1. The minimum atomic E-state index is -0.440. The Morgan fingerprint density at radius 2 is 1.77 bits per heavy atom. The van der Waals surface area contributed by atoms with Crippen LogP contribution in [-0.4, -0.2) is 33.5 Å². The zero-order valence-electron chi connectivity index (χ0n) is 16.8. The highest BCUT2D eigenvalue weighted by molar-refractivity contribution is 6.04. The summed E-state index contributed by atoms with van der Waals surface area (Å²) in [5.74, 6) is -0.0584. The molecule has 3 aromatic heterocycles. The first-order valence-corrected chi connectivity index (χ1v) is 9.51. The summed E-state index contributed by atoms with van der Waals surface area (Å²) in [4.78, 5) is 34.7. The van der Waals surface area contributed by atoms with Crippen LogP contribution in [0.4, 0.5) is 5.82 Å². The summed E-state index contributed by atoms with van der Waals surface area (Å²) in [5, 5.41) is 6.96. The van der Waals surface area contributed by atoms with Gasteiger partial charge in [0.1, 0.15) is 11.4 Å². The van der Waals surface area contributed by atoms with Crippen molar-refractivity contribution in [3.8, 4) is 0 Å². The standard InChI is InChI=1S/C21H23N5O2.2ClH/c1-13-9-12-26(16-7-10-22-11-8-16)21(28)18(13)20(27)25-17-6-5-15-4-3-14(2)23-19(15)24-17;;/h3-6,9,12,16,22H,7-8,10-11H2,1-2H3,(H,23,24,25,27);2*1H. The number of nitrogens with one attached hydrogen (secondary N) is 2. The van der Waals surface area contributed by atoms with Crippen LogP contribution in [0.1, 0.15) is 40.5 Å². The summed E-state index contributed by atoms with van der Waals surface area (Å²) in [6.45, 7) is 5.42. The molecule has 1 aliphatic rings. The highest BCUT2D eigenvalue weighted by atomic mass is 35.5. The van der Waals surface area contributed by atoms with E-state index in [1.54, 1.807) is 23.8 Å². The van der Waals surface area contributed by atoms with Gasteiger partial charge >= 0.3 is 0 Å². The van der Waals surface area contributed by atoms with Gasteiger partial charge in [-0.05, 0) is 75.7 Å². The van der Waals surface area contributed by atoms with Gasteiger partial charge in [-0.15, -0.1) is 24.8 Å². The molecule has 0 radical (unpaired) electrons. The molecule has 0 saturated carbocycles. The zero-order valence-corrected chi connectivity index (χ0v) is 18.5. The van der Waals surface area contributed by atoms with Crippen molar-refractivity contribution in [3.05, 3.63) is 63.7 Å². The van der Waals surface area contributed by atoms with Gasteiger partial charge in [-0.25, -0.2) is 9.97 Å². The highest BCUT2D eigenvalue weighted by Crippen LogP contribution is 2.18. The van der Waals surface area contributed by atoms with E-state index in [4.69, 9.17) is 0 Å². The number of pyridine rings is 3. The van der Waals surface area contributed by atoms with E-state index in [1.165, 1.54) is 0 Å². The maximum Gasteiger partial charge on any atom is 0.263 e. The van der Waals surface area contributed by atoms with Gasteiger partial charge in [-0.3, -0.25) is 9.59 Å². The molecule has 3 aromatic rings. The van der Waals surface area contributed by atoms with Gasteiger partial charge in [0.15, 0.2) is 5.65 Å². The number of aryl methyl sites for hydroxylation is 2. The Morgan fingerprint density at radius 3 is 2.50 bits per heavy atom. The smallest absolute Gasteiger partial charge is 0.263 e. The second-order valence-corrected chi connectivity index (χ2v) is 7.22. The lowest BCUT2D eigenvalue weighted by Crippen LogP contribution is -2.37. The van der Waals surface area contributed by atoms with Crippen molar-refractivity contribution in [1.29, 1.82) is 0 Å². The average molecular weight is 450 g/mol. The first kappa shape index (κ1) is 23.8. The maximum atomic E-state index is 13.0. The molecule has 0 bridgehead atoms. The average Bonchev–Trinajstić information content (AvgIpc) is 2.68. The SMILES string of the molecule is Cc1ccc2ccc(NC(=O)c3c(C)ccn(C4CCNCC4)c3=O)nc2n1.Cl.Cl. The molecule has 0 unspecified atom stereocenters. The summed E-state index contributed by atoms with van der Waals surface area (Å²) in [7, 11) is 0. The van der Waals surface area contributed by atoms with Crippen LogP contribution in [0, 0.1) is 13.8 Å². The van der Waals surface area contributed by atoms with Gasteiger partial charge in [-0.2, -0.15) is 0 Å². The molecule has 4 rings (SSSR count). The van der Waals surface area contributed by atoms with Crippen LogP contribution in [0.3, 0.4) is 0 Å². The normalized spacial score (nSPS) is 13.9. The van der Waals surface area contributed by atoms with Crippen molar-refractivity contribution in [2.45, 2.75) is 32.7 Å². The lowest BCUT2D eigenvalue weighted by Gasteiger charge is -2.25. The second kappa shape index (κ2) is 10.0. The molecule has 0 aliphatic carbocycles. The molecule has 0 spiro atoms. The van der Waals surface area contributed by atoms with Gasteiger partial charge in [0, 0.05) is 23.3 Å². The maximum absolute atomic E-state index is 13.0. The Morgan fingerprint density at radius 1 is 1.07 bits per heavy atom. The fraction of sp³-hybridized carbons (Fsp3) is 0.333. The van der Waals surface area contributed by atoms with Crippen molar-refractivity contribution in [1.82, 2.24) is 19.9 Å². The molecule has 160 valence electrons. The number of halogens is 2. The summed E-state index contributed by atoms with van der Waals surface area (Å²) in [6, 6.07) is 9.38. The predicted octanol–water partition coefficient (Wildman–Crippen LogP) is 3.43. The summed E-state index contributed by atoms with van der Waals surface area (Å²) >= 11 is 0. The number of hydrogen-bond donors (Lipinski definition) is 2. The number of rotatable bonds is 3. The Labute approximate surface area is 187 Å². The van der Waals surface area contributed by atoms with E-state index >= 15 is 0 Å². The molecule has 1 amide bonds. The number of anilines is 1. The molecule has 4 heterocycles. The number of fused-ring (bicyclic) bond motifs is 1. The van der Waals surface area contributed by atoms with Crippen molar-refractivity contribution in [3.63, 3.8) is 0 Å². The van der Waals surface area contributed by atoms with Crippen molar-refractivity contribution < 1.29 is 4.79 Å². The van der Waals surface area contributed by atoms with E-state index < -0.39 is 5.91 Å². The van der Waals surface area contributed by atoms with Crippen LogP contribution >= 0.6 is 24.8 Å². The summed E-state index contributed by atoms with van der Waals surface area (Å²) in [6.07, 6.45) is 3.55. The molecule has 0 atom stereocenters. The Kier molecular flexibility index (Phi) is 7.95. The minimum Gasteiger partial charge on any atom is -0.317 e. The van der Waals surface area contributed by atoms with E-state index in [-0.39, 0.29) is 42.0 Å². The minimum absolute atomic E-state index is 0. The van der Waals surface area contributed by atoms with Crippen LogP contribution in [0.15, 0.2) is 41.3 Å². The quantitative estimate of drug-likeness (QED) is 0.639. The second-order valence-electron chi connectivity index (χ2n) is 7.22. The fourth-order valence-corrected chi connectivity index (χ4v) is 3.63. The van der Waals surface area contributed by atoms with E-state index in [0.29, 0.717) is 17.0 Å². The third-order valence-corrected chi connectivity index (χ3v) is 5.19. The molecule has 9 heteroatoms. The third-order valence-electron chi connectivity index (χ3n) is 5.19. The number of piperidine rings is 1. The van der Waals surface area contributed by atoms with Crippen LogP contribution in [-0.2, 0) is 0 Å². The van der Waals surface area contributed by atoms with Crippen LogP contribution in [0.2, 0.25) is 0 Å². The monoisotopic (exact) mass is 449 g/mol. The van der Waals surface area contributed by atoms with Gasteiger partial charge in [0.2, 0.25) is 0 Å². The van der Waals surface area contributed by atoms with E-state index in [2.05, 4.69) is 20.6 Å². The molecular weight excluding hydrogens is 425 g/mol. The Bertz CT molecular complexity index is 1110. The Hall–Kier alpha value is -2.48. The zero-order chi connectivity index (χ0) is 19.7. The molecule has 1 aliphatic heterocycles.